The molecule has 112 valence electrons. The molecule has 0 aliphatic carbocycles. The van der Waals surface area contributed by atoms with E-state index in [-0.39, 0.29) is 12.5 Å². The van der Waals surface area contributed by atoms with Crippen LogP contribution < -0.4 is 10.1 Å². The van der Waals surface area contributed by atoms with Gasteiger partial charge in [-0.3, -0.25) is 4.79 Å². The summed E-state index contributed by atoms with van der Waals surface area (Å²) in [5, 5.41) is 3.52. The number of hydrogen-bond donors (Lipinski definition) is 1. The molecule has 1 amide bonds. The van der Waals surface area contributed by atoms with Crippen molar-refractivity contribution in [2.24, 2.45) is 0 Å². The number of benzene rings is 1. The van der Waals surface area contributed by atoms with E-state index < -0.39 is 0 Å². The van der Waals surface area contributed by atoms with Crippen molar-refractivity contribution in [1.82, 2.24) is 10.2 Å². The first-order chi connectivity index (χ1) is 9.56. The lowest BCUT2D eigenvalue weighted by Gasteiger charge is -2.18. The van der Waals surface area contributed by atoms with E-state index in [2.05, 4.69) is 24.1 Å². The maximum absolute atomic E-state index is 11.7. The molecule has 1 N–H and O–H groups in total. The predicted molar refractivity (Wildman–Crippen MR) is 82.5 cm³/mol. The van der Waals surface area contributed by atoms with Crippen molar-refractivity contribution < 1.29 is 9.53 Å². The van der Waals surface area contributed by atoms with Gasteiger partial charge in [-0.1, -0.05) is 25.4 Å². The normalized spacial score (nSPS) is 10.7. The fourth-order valence-electron chi connectivity index (χ4n) is 1.86. The van der Waals surface area contributed by atoms with E-state index >= 15 is 0 Å². The second-order valence-electron chi connectivity index (χ2n) is 4.58. The molecule has 20 heavy (non-hydrogen) atoms. The molecule has 0 spiro atoms. The Hall–Kier alpha value is -1.26. The van der Waals surface area contributed by atoms with Crippen LogP contribution in [0.25, 0.3) is 0 Å². The summed E-state index contributed by atoms with van der Waals surface area (Å²) in [6.07, 6.45) is 0. The number of carbonyl (C=O) groups excluding carboxylic acids is 1. The van der Waals surface area contributed by atoms with Crippen molar-refractivity contribution in [1.29, 1.82) is 0 Å². The van der Waals surface area contributed by atoms with Crippen LogP contribution in [-0.4, -0.2) is 43.6 Å². The molecule has 4 nitrogen and oxygen atoms in total. The summed E-state index contributed by atoms with van der Waals surface area (Å²) in [7, 11) is 0. The van der Waals surface area contributed by atoms with Crippen molar-refractivity contribution in [3.8, 4) is 5.75 Å². The molecule has 0 aliphatic heterocycles. The van der Waals surface area contributed by atoms with Crippen molar-refractivity contribution in [2.45, 2.75) is 20.8 Å². The summed E-state index contributed by atoms with van der Waals surface area (Å²) >= 11 is 5.87. The number of halogens is 1. The summed E-state index contributed by atoms with van der Waals surface area (Å²) in [5.41, 5.74) is 0.924. The van der Waals surface area contributed by atoms with Gasteiger partial charge >= 0.3 is 0 Å². The Balaban J connectivity index is 2.29. The molecule has 0 bridgehead atoms. The minimum absolute atomic E-state index is 0.0285. The number of nitrogens with one attached hydrogen (secondary N) is 1. The van der Waals surface area contributed by atoms with E-state index in [1.165, 1.54) is 0 Å². The first kappa shape index (κ1) is 16.8. The Morgan fingerprint density at radius 1 is 1.35 bits per heavy atom. The molecule has 0 saturated heterocycles. The van der Waals surface area contributed by atoms with E-state index in [9.17, 15) is 4.79 Å². The monoisotopic (exact) mass is 298 g/mol. The number of likely N-dealkylation sites (N-methyl/N-ethyl adjacent to an activating group) is 1. The van der Waals surface area contributed by atoms with Crippen LogP contribution in [0.5, 0.6) is 5.75 Å². The second-order valence-corrected chi connectivity index (χ2v) is 5.01. The third kappa shape index (κ3) is 5.80. The summed E-state index contributed by atoms with van der Waals surface area (Å²) < 4.78 is 5.48. The summed E-state index contributed by atoms with van der Waals surface area (Å²) in [6, 6.07) is 5.35. The Morgan fingerprint density at radius 3 is 2.65 bits per heavy atom. The average Bonchev–Trinajstić information content (AvgIpc) is 2.42. The lowest BCUT2D eigenvalue weighted by Crippen LogP contribution is -2.36. The number of nitrogens with zero attached hydrogens (tertiary/aromatic N) is 1. The number of aryl methyl sites for hydroxylation is 1. The van der Waals surface area contributed by atoms with Gasteiger partial charge in [0, 0.05) is 18.1 Å². The van der Waals surface area contributed by atoms with Crippen molar-refractivity contribution in [2.75, 3.05) is 32.8 Å². The zero-order valence-corrected chi connectivity index (χ0v) is 13.2. The molecule has 0 radical (unpaired) electrons. The Kier molecular flexibility index (Phi) is 7.41. The molecule has 0 heterocycles. The van der Waals surface area contributed by atoms with E-state index in [1.807, 2.05) is 13.0 Å². The molecular formula is C15H23ClN2O2. The molecule has 1 aromatic rings. The van der Waals surface area contributed by atoms with Gasteiger partial charge in [0.05, 0.1) is 0 Å². The van der Waals surface area contributed by atoms with Crippen LogP contribution in [0, 0.1) is 6.92 Å². The first-order valence-corrected chi connectivity index (χ1v) is 7.32. The molecule has 1 aromatic carbocycles. The van der Waals surface area contributed by atoms with Crippen LogP contribution in [0.2, 0.25) is 5.02 Å². The number of ether oxygens (including phenoxy) is 1. The highest BCUT2D eigenvalue weighted by molar-refractivity contribution is 6.30. The number of carbonyl (C=O) groups is 1. The summed E-state index contributed by atoms with van der Waals surface area (Å²) in [5.74, 6) is 0.583. The smallest absolute Gasteiger partial charge is 0.257 e. The maximum Gasteiger partial charge on any atom is 0.257 e. The standard InChI is InChI=1S/C15H23ClN2O2/c1-4-18(5-2)9-8-17-15(19)11-20-14-7-6-13(16)10-12(14)3/h6-7,10H,4-5,8-9,11H2,1-3H3,(H,17,19). The fraction of sp³-hybridized carbons (Fsp3) is 0.533. The van der Waals surface area contributed by atoms with E-state index in [0.717, 1.165) is 25.2 Å². The van der Waals surface area contributed by atoms with Crippen molar-refractivity contribution in [3.63, 3.8) is 0 Å². The van der Waals surface area contributed by atoms with Gasteiger partial charge in [0.25, 0.3) is 5.91 Å². The third-order valence-corrected chi connectivity index (χ3v) is 3.38. The number of rotatable bonds is 8. The van der Waals surface area contributed by atoms with E-state index in [0.29, 0.717) is 17.3 Å². The minimum Gasteiger partial charge on any atom is -0.484 e. The highest BCUT2D eigenvalue weighted by Crippen LogP contribution is 2.21. The van der Waals surface area contributed by atoms with Gasteiger partial charge in [-0.15, -0.1) is 0 Å². The second kappa shape index (κ2) is 8.82. The molecule has 1 rings (SSSR count). The molecule has 5 heteroatoms. The molecule has 0 unspecified atom stereocenters. The Bertz CT molecular complexity index is 434. The molecule has 0 saturated carbocycles. The molecule has 0 aromatic heterocycles. The third-order valence-electron chi connectivity index (χ3n) is 3.14. The number of hydrogen-bond acceptors (Lipinski definition) is 3. The highest BCUT2D eigenvalue weighted by Gasteiger charge is 2.06. The molecule has 0 aliphatic rings. The topological polar surface area (TPSA) is 41.6 Å². The van der Waals surface area contributed by atoms with Crippen LogP contribution in [-0.2, 0) is 4.79 Å². The van der Waals surface area contributed by atoms with Gasteiger partial charge in [0.2, 0.25) is 0 Å². The van der Waals surface area contributed by atoms with Gasteiger partial charge in [-0.05, 0) is 43.8 Å². The molecular weight excluding hydrogens is 276 g/mol. The molecule has 0 fully saturated rings. The first-order valence-electron chi connectivity index (χ1n) is 6.94. The van der Waals surface area contributed by atoms with Crippen LogP contribution in [0.4, 0.5) is 0 Å². The van der Waals surface area contributed by atoms with Gasteiger partial charge in [-0.25, -0.2) is 0 Å². The minimum atomic E-state index is -0.105. The van der Waals surface area contributed by atoms with Gasteiger partial charge < -0.3 is 15.0 Å². The van der Waals surface area contributed by atoms with E-state index in [4.69, 9.17) is 16.3 Å². The predicted octanol–water partition coefficient (Wildman–Crippen LogP) is 2.49. The van der Waals surface area contributed by atoms with Crippen LogP contribution >= 0.6 is 11.6 Å². The van der Waals surface area contributed by atoms with Crippen molar-refractivity contribution in [3.05, 3.63) is 28.8 Å². The van der Waals surface area contributed by atoms with Gasteiger partial charge in [-0.2, -0.15) is 0 Å². The van der Waals surface area contributed by atoms with Crippen LogP contribution in [0.15, 0.2) is 18.2 Å². The lowest BCUT2D eigenvalue weighted by atomic mass is 10.2. The van der Waals surface area contributed by atoms with Crippen LogP contribution in [0.1, 0.15) is 19.4 Å². The summed E-state index contributed by atoms with van der Waals surface area (Å²) in [4.78, 5) is 13.9. The zero-order valence-electron chi connectivity index (χ0n) is 12.4. The zero-order chi connectivity index (χ0) is 15.0. The SMILES string of the molecule is CCN(CC)CCNC(=O)COc1ccc(Cl)cc1C. The van der Waals surface area contributed by atoms with Gasteiger partial charge in [0.15, 0.2) is 6.61 Å². The Morgan fingerprint density at radius 2 is 2.05 bits per heavy atom. The quantitative estimate of drug-likeness (QED) is 0.802. The van der Waals surface area contributed by atoms with E-state index in [1.54, 1.807) is 12.1 Å². The summed E-state index contributed by atoms with van der Waals surface area (Å²) in [6.45, 7) is 9.64. The highest BCUT2D eigenvalue weighted by atomic mass is 35.5. The van der Waals surface area contributed by atoms with Crippen molar-refractivity contribution >= 4 is 17.5 Å². The molecule has 0 atom stereocenters. The lowest BCUT2D eigenvalue weighted by molar-refractivity contribution is -0.123. The number of amides is 1. The van der Waals surface area contributed by atoms with Gasteiger partial charge in [0.1, 0.15) is 5.75 Å². The Labute approximate surface area is 126 Å². The largest absolute Gasteiger partial charge is 0.484 e. The fourth-order valence-corrected chi connectivity index (χ4v) is 2.09. The maximum atomic E-state index is 11.7. The van der Waals surface area contributed by atoms with Crippen LogP contribution in [0.3, 0.4) is 0 Å². The average molecular weight is 299 g/mol.